The number of nitrogens with zero attached hydrogens (tertiary/aromatic N) is 1. The zero-order chi connectivity index (χ0) is 23.1. The molecule has 0 spiro atoms. The van der Waals surface area contributed by atoms with Gasteiger partial charge in [0.05, 0.1) is 11.3 Å². The van der Waals surface area contributed by atoms with Gasteiger partial charge in [-0.05, 0) is 41.5 Å². The van der Waals surface area contributed by atoms with Gasteiger partial charge in [-0.25, -0.2) is 4.39 Å². The maximum Gasteiger partial charge on any atom is 0.293 e. The van der Waals surface area contributed by atoms with Crippen molar-refractivity contribution in [3.63, 3.8) is 0 Å². The van der Waals surface area contributed by atoms with Crippen molar-refractivity contribution in [2.24, 2.45) is 0 Å². The highest BCUT2D eigenvalue weighted by atomic mass is 35.5. The number of carbonyl (C=O) groups is 2. The first-order valence-corrected chi connectivity index (χ1v) is 9.80. The van der Waals surface area contributed by atoms with Crippen LogP contribution in [0.1, 0.15) is 21.5 Å². The highest BCUT2D eigenvalue weighted by molar-refractivity contribution is 6.31. The maximum absolute atomic E-state index is 12.9. The standard InChI is InChI=1S/C22H18ClFN4O4/c23-18-4-2-1-3-16(18)13-25-19-10-7-15(12-20(19)28(31)32)22(30)27-26-21(29)11-14-5-8-17(24)9-6-14/h1-10,12,25H,11,13H2,(H,26,29)(H,27,30). The van der Waals surface area contributed by atoms with E-state index >= 15 is 0 Å². The van der Waals surface area contributed by atoms with Gasteiger partial charge in [0.1, 0.15) is 11.5 Å². The third kappa shape index (κ3) is 6.02. The summed E-state index contributed by atoms with van der Waals surface area (Å²) < 4.78 is 12.9. The summed E-state index contributed by atoms with van der Waals surface area (Å²) in [5.74, 6) is -1.68. The number of halogens is 2. The van der Waals surface area contributed by atoms with Crippen molar-refractivity contribution in [3.8, 4) is 0 Å². The lowest BCUT2D eigenvalue weighted by molar-refractivity contribution is -0.384. The molecule has 0 radical (unpaired) electrons. The molecule has 0 saturated heterocycles. The molecule has 0 aromatic heterocycles. The zero-order valence-electron chi connectivity index (χ0n) is 16.6. The van der Waals surface area contributed by atoms with Crippen LogP contribution in [-0.4, -0.2) is 16.7 Å². The first kappa shape index (κ1) is 22.7. The Kier molecular flexibility index (Phi) is 7.35. The minimum atomic E-state index is -0.724. The molecule has 0 aliphatic rings. The van der Waals surface area contributed by atoms with Crippen LogP contribution in [0.2, 0.25) is 5.02 Å². The molecule has 0 bridgehead atoms. The van der Waals surface area contributed by atoms with Crippen LogP contribution in [0.3, 0.4) is 0 Å². The van der Waals surface area contributed by atoms with Crippen LogP contribution in [0, 0.1) is 15.9 Å². The van der Waals surface area contributed by atoms with E-state index in [0.717, 1.165) is 11.6 Å². The van der Waals surface area contributed by atoms with Crippen LogP contribution in [-0.2, 0) is 17.8 Å². The van der Waals surface area contributed by atoms with Gasteiger partial charge in [-0.1, -0.05) is 41.9 Å². The minimum absolute atomic E-state index is 0.0120. The molecule has 0 unspecified atom stereocenters. The third-order valence-corrected chi connectivity index (χ3v) is 4.85. The van der Waals surface area contributed by atoms with Crippen molar-refractivity contribution in [2.45, 2.75) is 13.0 Å². The number of anilines is 1. The highest BCUT2D eigenvalue weighted by Crippen LogP contribution is 2.27. The van der Waals surface area contributed by atoms with E-state index in [1.807, 2.05) is 0 Å². The quantitative estimate of drug-likeness (QED) is 0.367. The van der Waals surface area contributed by atoms with E-state index < -0.39 is 22.6 Å². The fourth-order valence-electron chi connectivity index (χ4n) is 2.84. The normalized spacial score (nSPS) is 10.3. The molecule has 3 rings (SSSR count). The Bertz CT molecular complexity index is 1150. The second-order valence-corrected chi connectivity index (χ2v) is 7.15. The number of nitrogens with one attached hydrogen (secondary N) is 3. The Morgan fingerprint density at radius 3 is 2.41 bits per heavy atom. The fourth-order valence-corrected chi connectivity index (χ4v) is 3.04. The molecule has 8 nitrogen and oxygen atoms in total. The Hall–Kier alpha value is -3.98. The van der Waals surface area contributed by atoms with Gasteiger partial charge in [-0.2, -0.15) is 0 Å². The second kappa shape index (κ2) is 10.4. The summed E-state index contributed by atoms with van der Waals surface area (Å²) in [4.78, 5) is 35.1. The van der Waals surface area contributed by atoms with Gasteiger partial charge in [0.2, 0.25) is 5.91 Å². The summed E-state index contributed by atoms with van der Waals surface area (Å²) in [6.07, 6.45) is -0.0778. The monoisotopic (exact) mass is 456 g/mol. The van der Waals surface area contributed by atoms with Crippen molar-refractivity contribution in [3.05, 3.63) is 104 Å². The molecule has 32 heavy (non-hydrogen) atoms. The topological polar surface area (TPSA) is 113 Å². The molecule has 3 aromatic carbocycles. The maximum atomic E-state index is 12.9. The summed E-state index contributed by atoms with van der Waals surface area (Å²) in [7, 11) is 0. The SMILES string of the molecule is O=C(Cc1ccc(F)cc1)NNC(=O)c1ccc(NCc2ccccc2Cl)c([N+](=O)[O-])c1. The van der Waals surface area contributed by atoms with Crippen molar-refractivity contribution in [1.82, 2.24) is 10.9 Å². The van der Waals surface area contributed by atoms with Gasteiger partial charge in [0.15, 0.2) is 0 Å². The number of benzene rings is 3. The average molecular weight is 457 g/mol. The van der Waals surface area contributed by atoms with Gasteiger partial charge in [-0.3, -0.25) is 30.6 Å². The van der Waals surface area contributed by atoms with Gasteiger partial charge in [-0.15, -0.1) is 0 Å². The lowest BCUT2D eigenvalue weighted by Gasteiger charge is -2.11. The lowest BCUT2D eigenvalue weighted by atomic mass is 10.1. The summed E-state index contributed by atoms with van der Waals surface area (Å²) in [6.45, 7) is 0.255. The van der Waals surface area contributed by atoms with E-state index in [1.54, 1.807) is 24.3 Å². The van der Waals surface area contributed by atoms with Gasteiger partial charge < -0.3 is 5.32 Å². The number of nitro groups is 1. The number of hydrazine groups is 1. The van der Waals surface area contributed by atoms with Gasteiger partial charge >= 0.3 is 0 Å². The molecule has 3 aromatic rings. The van der Waals surface area contributed by atoms with E-state index in [2.05, 4.69) is 16.2 Å². The molecule has 0 aliphatic carbocycles. The van der Waals surface area contributed by atoms with Crippen molar-refractivity contribution in [1.29, 1.82) is 0 Å². The number of nitro benzene ring substituents is 1. The van der Waals surface area contributed by atoms with Crippen LogP contribution in [0.25, 0.3) is 0 Å². The first-order valence-electron chi connectivity index (χ1n) is 9.43. The summed E-state index contributed by atoms with van der Waals surface area (Å²) >= 11 is 6.10. The Balaban J connectivity index is 1.63. The Labute approximate surface area is 187 Å². The molecule has 0 atom stereocenters. The number of hydrogen-bond acceptors (Lipinski definition) is 5. The van der Waals surface area contributed by atoms with Crippen LogP contribution in [0.4, 0.5) is 15.8 Å². The predicted molar refractivity (Wildman–Crippen MR) is 118 cm³/mol. The third-order valence-electron chi connectivity index (χ3n) is 4.48. The molecule has 164 valence electrons. The van der Waals surface area contributed by atoms with Crippen LogP contribution in [0.15, 0.2) is 66.7 Å². The van der Waals surface area contributed by atoms with Crippen molar-refractivity contribution < 1.29 is 18.9 Å². The fraction of sp³-hybridized carbons (Fsp3) is 0.0909. The summed E-state index contributed by atoms with van der Waals surface area (Å²) in [6, 6.07) is 16.3. The zero-order valence-corrected chi connectivity index (χ0v) is 17.4. The first-order chi connectivity index (χ1) is 15.3. The van der Waals surface area contributed by atoms with Crippen LogP contribution < -0.4 is 16.2 Å². The lowest BCUT2D eigenvalue weighted by Crippen LogP contribution is -2.42. The molecular formula is C22H18ClFN4O4. The molecule has 10 heteroatoms. The number of carbonyl (C=O) groups excluding carboxylic acids is 2. The van der Waals surface area contributed by atoms with Gasteiger partial charge in [0, 0.05) is 23.2 Å². The number of hydrogen-bond donors (Lipinski definition) is 3. The minimum Gasteiger partial charge on any atom is -0.375 e. The number of rotatable bonds is 7. The van der Waals surface area contributed by atoms with E-state index in [-0.39, 0.29) is 29.9 Å². The molecule has 3 N–H and O–H groups in total. The van der Waals surface area contributed by atoms with Crippen molar-refractivity contribution in [2.75, 3.05) is 5.32 Å². The Morgan fingerprint density at radius 2 is 1.72 bits per heavy atom. The molecule has 0 fully saturated rings. The second-order valence-electron chi connectivity index (χ2n) is 6.74. The van der Waals surface area contributed by atoms with Crippen LogP contribution in [0.5, 0.6) is 0 Å². The van der Waals surface area contributed by atoms with E-state index in [9.17, 15) is 24.1 Å². The van der Waals surface area contributed by atoms with Crippen LogP contribution >= 0.6 is 11.6 Å². The highest BCUT2D eigenvalue weighted by Gasteiger charge is 2.18. The molecular weight excluding hydrogens is 439 g/mol. The van der Waals surface area contributed by atoms with E-state index in [0.29, 0.717) is 10.6 Å². The van der Waals surface area contributed by atoms with Gasteiger partial charge in [0.25, 0.3) is 11.6 Å². The average Bonchev–Trinajstić information content (AvgIpc) is 2.78. The molecule has 0 heterocycles. The van der Waals surface area contributed by atoms with E-state index in [4.69, 9.17) is 11.6 Å². The molecule has 0 aliphatic heterocycles. The van der Waals surface area contributed by atoms with Crippen molar-refractivity contribution >= 4 is 34.8 Å². The smallest absolute Gasteiger partial charge is 0.293 e. The summed E-state index contributed by atoms with van der Waals surface area (Å²) in [5.41, 5.74) is 5.65. The van der Waals surface area contributed by atoms with E-state index in [1.165, 1.54) is 36.4 Å². The number of amides is 2. The molecule has 2 amide bonds. The summed E-state index contributed by atoms with van der Waals surface area (Å²) in [5, 5.41) is 14.9. The predicted octanol–water partition coefficient (Wildman–Crippen LogP) is 4.00. The molecule has 0 saturated carbocycles. The largest absolute Gasteiger partial charge is 0.375 e. The Morgan fingerprint density at radius 1 is 1.00 bits per heavy atom.